The number of alkyl carbamates (subject to hydrolysis) is 1. The number of aromatic nitrogens is 2. The Bertz CT molecular complexity index is 835. The number of carbonyl (C=O) groups is 2. The average Bonchev–Trinajstić information content (AvgIpc) is 3.24. The van der Waals surface area contributed by atoms with Gasteiger partial charge in [-0.2, -0.15) is 0 Å². The van der Waals surface area contributed by atoms with Crippen LogP contribution in [0, 0.1) is 5.41 Å². The van der Waals surface area contributed by atoms with E-state index in [0.717, 1.165) is 24.8 Å². The number of methoxy groups -OCH3 is 1. The lowest BCUT2D eigenvalue weighted by Gasteiger charge is -2.32. The largest absolute Gasteiger partial charge is 0.467 e. The van der Waals surface area contributed by atoms with Gasteiger partial charge in [-0.1, -0.05) is 58.7 Å². The fraction of sp³-hybridized carbons (Fsp3) is 0.565. The van der Waals surface area contributed by atoms with E-state index in [1.807, 2.05) is 58.0 Å². The molecule has 0 aliphatic rings. The van der Waals surface area contributed by atoms with Crippen molar-refractivity contribution in [2.45, 2.75) is 71.9 Å². The van der Waals surface area contributed by atoms with Crippen LogP contribution in [0.2, 0.25) is 0 Å². The minimum absolute atomic E-state index is 0.270. The molecule has 0 saturated carbocycles. The highest BCUT2D eigenvalue weighted by molar-refractivity contribution is 5.81. The number of hydrogen-bond acceptors (Lipinski definition) is 7. The van der Waals surface area contributed by atoms with Crippen LogP contribution in [0.1, 0.15) is 59.3 Å². The first-order valence-electron chi connectivity index (χ1n) is 10.7. The summed E-state index contributed by atoms with van der Waals surface area (Å²) in [6, 6.07) is 8.74. The molecular weight excluding hydrogens is 398 g/mol. The van der Waals surface area contributed by atoms with Crippen molar-refractivity contribution in [3.8, 4) is 11.5 Å². The zero-order valence-electron chi connectivity index (χ0n) is 19.0. The lowest BCUT2D eigenvalue weighted by molar-refractivity contribution is -0.143. The fourth-order valence-electron chi connectivity index (χ4n) is 3.00. The van der Waals surface area contributed by atoms with Gasteiger partial charge in [-0.05, 0) is 25.0 Å². The summed E-state index contributed by atoms with van der Waals surface area (Å²) >= 11 is 0. The predicted octanol–water partition coefficient (Wildman–Crippen LogP) is 4.54. The molecule has 8 heteroatoms. The van der Waals surface area contributed by atoms with Crippen molar-refractivity contribution in [2.24, 2.45) is 5.41 Å². The highest BCUT2D eigenvalue weighted by Gasteiger charge is 2.34. The van der Waals surface area contributed by atoms with Crippen molar-refractivity contribution in [1.29, 1.82) is 0 Å². The van der Waals surface area contributed by atoms with Gasteiger partial charge in [-0.3, -0.25) is 0 Å². The lowest BCUT2D eigenvalue weighted by atomic mass is 9.82. The van der Waals surface area contributed by atoms with E-state index in [2.05, 4.69) is 15.5 Å². The summed E-state index contributed by atoms with van der Waals surface area (Å²) in [7, 11) is 1.30. The minimum atomic E-state index is -0.740. The highest BCUT2D eigenvalue weighted by Crippen LogP contribution is 2.30. The molecule has 1 aromatic heterocycles. The molecule has 8 nitrogen and oxygen atoms in total. The third kappa shape index (κ3) is 7.08. The molecule has 0 spiro atoms. The Morgan fingerprint density at radius 1 is 1.16 bits per heavy atom. The molecule has 1 aromatic carbocycles. The van der Waals surface area contributed by atoms with E-state index in [0.29, 0.717) is 18.2 Å². The standard InChI is InChI=1S/C23H33N3O5/c1-6-8-14-17(21(27)29-5)24-22(28)30-18(23(3,4)7-2)15-19-25-26-20(31-19)16-12-10-9-11-13-16/h9-13,17-18H,6-8,14-15H2,1-5H3,(H,24,28)/t17-,18-/m0/s1. The van der Waals surface area contributed by atoms with Gasteiger partial charge in [0.2, 0.25) is 11.8 Å². The number of nitrogens with one attached hydrogen (secondary N) is 1. The Morgan fingerprint density at radius 2 is 1.87 bits per heavy atom. The zero-order chi connectivity index (χ0) is 22.9. The van der Waals surface area contributed by atoms with E-state index in [1.165, 1.54) is 7.11 Å². The summed E-state index contributed by atoms with van der Waals surface area (Å²) in [5, 5.41) is 10.9. The summed E-state index contributed by atoms with van der Waals surface area (Å²) in [6.45, 7) is 8.05. The van der Waals surface area contributed by atoms with E-state index in [9.17, 15) is 9.59 Å². The van der Waals surface area contributed by atoms with Crippen molar-refractivity contribution in [3.63, 3.8) is 0 Å². The predicted molar refractivity (Wildman–Crippen MR) is 116 cm³/mol. The molecular formula is C23H33N3O5. The zero-order valence-corrected chi connectivity index (χ0v) is 19.0. The van der Waals surface area contributed by atoms with Gasteiger partial charge in [-0.25, -0.2) is 9.59 Å². The monoisotopic (exact) mass is 431 g/mol. The summed E-state index contributed by atoms with van der Waals surface area (Å²) in [4.78, 5) is 24.6. The third-order valence-electron chi connectivity index (χ3n) is 5.50. The number of ether oxygens (including phenoxy) is 2. The molecule has 170 valence electrons. The van der Waals surface area contributed by atoms with Gasteiger partial charge < -0.3 is 19.2 Å². The van der Waals surface area contributed by atoms with Crippen LogP contribution < -0.4 is 5.32 Å². The summed E-state index contributed by atoms with van der Waals surface area (Å²) in [5.41, 5.74) is 0.478. The number of nitrogens with zero attached hydrogens (tertiary/aromatic N) is 2. The van der Waals surface area contributed by atoms with Crippen LogP contribution in [0.25, 0.3) is 11.5 Å². The maximum atomic E-state index is 12.6. The lowest BCUT2D eigenvalue weighted by Crippen LogP contribution is -2.45. The number of carbonyl (C=O) groups excluding carboxylic acids is 2. The molecule has 1 heterocycles. The SMILES string of the molecule is CCCC[C@H](NC(=O)O[C@@H](Cc1nnc(-c2ccccc2)o1)C(C)(C)CC)C(=O)OC. The Balaban J connectivity index is 2.11. The number of unbranched alkanes of at least 4 members (excludes halogenated alkanes) is 1. The average molecular weight is 432 g/mol. The third-order valence-corrected chi connectivity index (χ3v) is 5.50. The molecule has 0 saturated heterocycles. The van der Waals surface area contributed by atoms with Crippen molar-refractivity contribution < 1.29 is 23.5 Å². The fourth-order valence-corrected chi connectivity index (χ4v) is 3.00. The normalized spacial score (nSPS) is 13.3. The van der Waals surface area contributed by atoms with Gasteiger partial charge in [-0.15, -0.1) is 10.2 Å². The van der Waals surface area contributed by atoms with Crippen molar-refractivity contribution in [1.82, 2.24) is 15.5 Å². The first-order chi connectivity index (χ1) is 14.8. The Morgan fingerprint density at radius 3 is 2.48 bits per heavy atom. The maximum absolute atomic E-state index is 12.6. The molecule has 1 N–H and O–H groups in total. The molecule has 0 aliphatic heterocycles. The molecule has 0 fully saturated rings. The van der Waals surface area contributed by atoms with Crippen LogP contribution >= 0.6 is 0 Å². The van der Waals surface area contributed by atoms with Crippen molar-refractivity contribution in [3.05, 3.63) is 36.2 Å². The number of benzene rings is 1. The van der Waals surface area contributed by atoms with Crippen LogP contribution in [0.4, 0.5) is 4.79 Å². The van der Waals surface area contributed by atoms with Gasteiger partial charge in [0.05, 0.1) is 13.5 Å². The number of esters is 1. The molecule has 2 aromatic rings. The molecule has 0 unspecified atom stereocenters. The van der Waals surface area contributed by atoms with Gasteiger partial charge in [0.1, 0.15) is 12.1 Å². The second-order valence-electron chi connectivity index (χ2n) is 8.17. The van der Waals surface area contributed by atoms with Gasteiger partial charge in [0, 0.05) is 11.0 Å². The maximum Gasteiger partial charge on any atom is 0.408 e. The second-order valence-corrected chi connectivity index (χ2v) is 8.17. The van der Waals surface area contributed by atoms with Crippen molar-refractivity contribution in [2.75, 3.05) is 7.11 Å². The van der Waals surface area contributed by atoms with E-state index >= 15 is 0 Å². The number of hydrogen-bond donors (Lipinski definition) is 1. The Hall–Kier alpha value is -2.90. The summed E-state index contributed by atoms with van der Waals surface area (Å²) < 4.78 is 16.3. The molecule has 31 heavy (non-hydrogen) atoms. The summed E-state index contributed by atoms with van der Waals surface area (Å²) in [5.74, 6) is 0.313. The first kappa shape index (κ1) is 24.4. The quantitative estimate of drug-likeness (QED) is 0.521. The molecule has 0 radical (unpaired) electrons. The smallest absolute Gasteiger partial charge is 0.408 e. The van der Waals surface area contributed by atoms with Crippen LogP contribution in [0.5, 0.6) is 0 Å². The van der Waals surface area contributed by atoms with Gasteiger partial charge in [0.15, 0.2) is 0 Å². The molecule has 0 bridgehead atoms. The van der Waals surface area contributed by atoms with Gasteiger partial charge >= 0.3 is 12.1 Å². The summed E-state index contributed by atoms with van der Waals surface area (Å²) in [6.07, 6.45) is 2.02. The molecule has 2 atom stereocenters. The van der Waals surface area contributed by atoms with E-state index in [4.69, 9.17) is 13.9 Å². The highest BCUT2D eigenvalue weighted by atomic mass is 16.6. The second kappa shape index (κ2) is 11.5. The van der Waals surface area contributed by atoms with Crippen molar-refractivity contribution >= 4 is 12.1 Å². The first-order valence-corrected chi connectivity index (χ1v) is 10.7. The van der Waals surface area contributed by atoms with E-state index < -0.39 is 24.2 Å². The van der Waals surface area contributed by atoms with Crippen LogP contribution in [-0.2, 0) is 20.7 Å². The van der Waals surface area contributed by atoms with E-state index in [1.54, 1.807) is 0 Å². The van der Waals surface area contributed by atoms with E-state index in [-0.39, 0.29) is 11.8 Å². The molecule has 0 aliphatic carbocycles. The number of amides is 1. The minimum Gasteiger partial charge on any atom is -0.467 e. The molecule has 1 amide bonds. The van der Waals surface area contributed by atoms with Crippen LogP contribution in [0.3, 0.4) is 0 Å². The number of rotatable bonds is 11. The van der Waals surface area contributed by atoms with Crippen LogP contribution in [-0.4, -0.2) is 41.5 Å². The molecule has 2 rings (SSSR count). The Kier molecular flexibility index (Phi) is 9.03. The Labute approximate surface area is 183 Å². The van der Waals surface area contributed by atoms with Gasteiger partial charge in [0.25, 0.3) is 0 Å². The van der Waals surface area contributed by atoms with Crippen LogP contribution in [0.15, 0.2) is 34.7 Å². The topological polar surface area (TPSA) is 104 Å².